The zero-order chi connectivity index (χ0) is 33.0. The number of fused-ring (bicyclic) bond motifs is 3. The summed E-state index contributed by atoms with van der Waals surface area (Å²) in [6.45, 7) is 1.66. The zero-order valence-electron chi connectivity index (χ0n) is 26.0. The van der Waals surface area contributed by atoms with E-state index in [1.807, 2.05) is 32.3 Å². The van der Waals surface area contributed by atoms with Crippen LogP contribution in [-0.2, 0) is 20.8 Å². The molecule has 0 unspecified atom stereocenters. The molecular formula is C33H40N4O8. The first-order chi connectivity index (χ1) is 21.2. The number of aliphatic hydroxyl groups excluding tert-OH is 2. The van der Waals surface area contributed by atoms with Gasteiger partial charge in [0.1, 0.15) is 28.6 Å². The van der Waals surface area contributed by atoms with Crippen molar-refractivity contribution < 1.29 is 39.5 Å². The van der Waals surface area contributed by atoms with Gasteiger partial charge >= 0.3 is 0 Å². The van der Waals surface area contributed by atoms with Crippen LogP contribution in [0.1, 0.15) is 24.0 Å². The van der Waals surface area contributed by atoms with Gasteiger partial charge in [-0.1, -0.05) is 6.07 Å². The molecule has 1 saturated carbocycles. The number of nitrogens with two attached hydrogens (primary N) is 1. The Balaban J connectivity index is 1.64. The molecule has 0 radical (unpaired) electrons. The molecule has 3 aliphatic rings. The van der Waals surface area contributed by atoms with Crippen molar-refractivity contribution in [1.82, 2.24) is 9.80 Å². The second-order valence-electron chi connectivity index (χ2n) is 12.4. The minimum Gasteiger partial charge on any atom is -0.508 e. The predicted octanol–water partition coefficient (Wildman–Crippen LogP) is 2.00. The smallest absolute Gasteiger partial charge is 0.255 e. The molecule has 5 rings (SSSR count). The van der Waals surface area contributed by atoms with E-state index in [9.17, 15) is 34.8 Å². The van der Waals surface area contributed by atoms with Gasteiger partial charge in [-0.15, -0.1) is 0 Å². The molecule has 240 valence electrons. The van der Waals surface area contributed by atoms with Crippen LogP contribution >= 0.6 is 0 Å². The molecule has 1 fully saturated rings. The molecule has 0 saturated heterocycles. The molecule has 12 heteroatoms. The minimum atomic E-state index is -2.69. The van der Waals surface area contributed by atoms with Gasteiger partial charge < -0.3 is 41.1 Å². The van der Waals surface area contributed by atoms with Crippen molar-refractivity contribution in [1.29, 1.82) is 0 Å². The summed E-state index contributed by atoms with van der Waals surface area (Å²) >= 11 is 0. The second kappa shape index (κ2) is 11.8. The molecule has 45 heavy (non-hydrogen) atoms. The lowest BCUT2D eigenvalue weighted by molar-refractivity contribution is -0.153. The topological polar surface area (TPSA) is 186 Å². The highest BCUT2D eigenvalue weighted by Crippen LogP contribution is 2.54. The van der Waals surface area contributed by atoms with Gasteiger partial charge in [-0.2, -0.15) is 0 Å². The van der Waals surface area contributed by atoms with Gasteiger partial charge in [-0.3, -0.25) is 19.3 Å². The quantitative estimate of drug-likeness (QED) is 0.178. The average molecular weight is 621 g/mol. The first-order valence-electron chi connectivity index (χ1n) is 14.8. The molecule has 3 aliphatic carbocycles. The number of hydrogen-bond donors (Lipinski definition) is 6. The number of aliphatic hydroxyl groups is 3. The number of likely N-dealkylation sites (N-methyl/N-ethyl adjacent to an activating group) is 1. The number of anilines is 1. The maximum absolute atomic E-state index is 14.1. The first kappa shape index (κ1) is 32.0. The summed E-state index contributed by atoms with van der Waals surface area (Å²) in [5.74, 6) is -6.33. The average Bonchev–Trinajstić information content (AvgIpc) is 2.97. The Kier molecular flexibility index (Phi) is 8.43. The second-order valence-corrected chi connectivity index (χ2v) is 12.4. The van der Waals surface area contributed by atoms with Crippen LogP contribution in [0.4, 0.5) is 5.69 Å². The van der Waals surface area contributed by atoms with Crippen LogP contribution in [0, 0.1) is 11.8 Å². The summed E-state index contributed by atoms with van der Waals surface area (Å²) in [5, 5.41) is 48.9. The summed E-state index contributed by atoms with van der Waals surface area (Å²) in [7, 11) is 8.71. The molecule has 0 spiro atoms. The van der Waals surface area contributed by atoms with E-state index in [1.165, 1.54) is 11.0 Å². The number of nitrogens with one attached hydrogen (secondary N) is 1. The minimum absolute atomic E-state index is 0.00542. The van der Waals surface area contributed by atoms with Gasteiger partial charge in [0.05, 0.1) is 18.7 Å². The Hall–Kier alpha value is -4.39. The van der Waals surface area contributed by atoms with Gasteiger partial charge in [0, 0.05) is 29.3 Å². The van der Waals surface area contributed by atoms with E-state index >= 15 is 0 Å². The molecule has 0 aliphatic heterocycles. The van der Waals surface area contributed by atoms with Gasteiger partial charge in [-0.05, 0) is 95.3 Å². The number of carbonyl (C=O) groups is 3. The van der Waals surface area contributed by atoms with Crippen molar-refractivity contribution in [3.05, 3.63) is 58.4 Å². The van der Waals surface area contributed by atoms with Crippen LogP contribution in [-0.4, -0.2) is 108 Å². The summed E-state index contributed by atoms with van der Waals surface area (Å²) in [5.41, 5.74) is 4.47. The Morgan fingerprint density at radius 3 is 2.42 bits per heavy atom. The van der Waals surface area contributed by atoms with Crippen molar-refractivity contribution in [2.45, 2.75) is 30.9 Å². The molecule has 0 bridgehead atoms. The monoisotopic (exact) mass is 620 g/mol. The van der Waals surface area contributed by atoms with Crippen molar-refractivity contribution in [3.8, 4) is 22.6 Å². The summed E-state index contributed by atoms with van der Waals surface area (Å²) in [6.07, 6.45) is 1.10. The van der Waals surface area contributed by atoms with E-state index in [2.05, 4.69) is 10.2 Å². The van der Waals surface area contributed by atoms with Crippen LogP contribution in [0.2, 0.25) is 0 Å². The number of primary amides is 1. The largest absolute Gasteiger partial charge is 0.508 e. The highest BCUT2D eigenvalue weighted by Gasteiger charge is 2.64. The number of Topliss-reactive ketones (excluding diaryl/α,β-unsaturated/α-hetero) is 2. The number of benzene rings is 2. The molecule has 0 heterocycles. The lowest BCUT2D eigenvalue weighted by atomic mass is 9.57. The van der Waals surface area contributed by atoms with Gasteiger partial charge in [0.25, 0.3) is 5.91 Å². The van der Waals surface area contributed by atoms with Crippen LogP contribution in [0.15, 0.2) is 47.2 Å². The van der Waals surface area contributed by atoms with Crippen molar-refractivity contribution in [2.75, 3.05) is 53.7 Å². The summed E-state index contributed by atoms with van der Waals surface area (Å²) in [4.78, 5) is 43.3. The maximum Gasteiger partial charge on any atom is 0.255 e. The van der Waals surface area contributed by atoms with E-state index < -0.39 is 58.0 Å². The number of hydrogen-bond acceptors (Lipinski definition) is 11. The normalized spacial score (nSPS) is 24.5. The number of ether oxygens (including phenoxy) is 1. The molecule has 2 aromatic rings. The Morgan fingerprint density at radius 1 is 1.09 bits per heavy atom. The number of phenols is 1. The van der Waals surface area contributed by atoms with E-state index in [-0.39, 0.29) is 29.7 Å². The molecule has 0 aromatic heterocycles. The number of aromatic hydroxyl groups is 1. The number of rotatable bonds is 9. The molecular weight excluding hydrogens is 580 g/mol. The standard InChI is InChI=1S/C33H40N4O8/c1-36(2)12-6-11-35-17-7-10-23(45-5)19(15-17)18-8-9-22(38)25-20(18)13-16-14-21-27(37(3)4)29(40)26(32(34)43)31(42)33(21,44)30(41)24(16)28(25)39/h7-10,15-16,21,27,35,38-39,42,44H,6,11-14H2,1-5H3,(H2,34,43)/t16-,21-,27-,33-/m1/s1. The fourth-order valence-electron chi connectivity index (χ4n) is 7.15. The van der Waals surface area contributed by atoms with Gasteiger partial charge in [0.2, 0.25) is 5.78 Å². The van der Waals surface area contributed by atoms with Crippen molar-refractivity contribution in [2.24, 2.45) is 17.6 Å². The maximum atomic E-state index is 14.1. The van der Waals surface area contributed by atoms with E-state index in [0.29, 0.717) is 22.4 Å². The molecule has 7 N–H and O–H groups in total. The SMILES string of the molecule is COc1ccc(NCCCN(C)C)cc1-c1ccc(O)c2c1C[C@@H]1C[C@@H]3[C@@H](N(C)C)C(=O)C(C(N)=O)=C(O)[C@]3(O)C(=O)C1=C2O. The Labute approximate surface area is 261 Å². The highest BCUT2D eigenvalue weighted by atomic mass is 16.5. The number of nitrogens with zero attached hydrogens (tertiary/aromatic N) is 2. The Morgan fingerprint density at radius 2 is 1.80 bits per heavy atom. The molecule has 12 nitrogen and oxygen atoms in total. The van der Waals surface area contributed by atoms with Crippen LogP contribution in [0.25, 0.3) is 16.9 Å². The third kappa shape index (κ3) is 5.12. The summed E-state index contributed by atoms with van der Waals surface area (Å²) < 4.78 is 5.69. The Bertz CT molecular complexity index is 1650. The van der Waals surface area contributed by atoms with Crippen LogP contribution < -0.4 is 15.8 Å². The molecule has 2 aromatic carbocycles. The van der Waals surface area contributed by atoms with Crippen molar-refractivity contribution in [3.63, 3.8) is 0 Å². The number of carbonyl (C=O) groups excluding carboxylic acids is 3. The predicted molar refractivity (Wildman–Crippen MR) is 168 cm³/mol. The third-order valence-electron chi connectivity index (χ3n) is 9.21. The number of ketones is 2. The number of amides is 1. The molecule has 1 amide bonds. The van der Waals surface area contributed by atoms with Gasteiger partial charge in [0.15, 0.2) is 11.4 Å². The van der Waals surface area contributed by atoms with E-state index in [4.69, 9.17) is 10.5 Å². The van der Waals surface area contributed by atoms with E-state index in [1.54, 1.807) is 27.3 Å². The van der Waals surface area contributed by atoms with Crippen LogP contribution in [0.3, 0.4) is 0 Å². The fourth-order valence-corrected chi connectivity index (χ4v) is 7.15. The van der Waals surface area contributed by atoms with E-state index in [0.717, 1.165) is 25.2 Å². The first-order valence-corrected chi connectivity index (χ1v) is 14.8. The molecule has 4 atom stereocenters. The zero-order valence-corrected chi connectivity index (χ0v) is 26.0. The summed E-state index contributed by atoms with van der Waals surface area (Å²) in [6, 6.07) is 7.65. The highest BCUT2D eigenvalue weighted by molar-refractivity contribution is 6.24. The lowest BCUT2D eigenvalue weighted by Gasteiger charge is -2.50. The van der Waals surface area contributed by atoms with Gasteiger partial charge in [-0.25, -0.2) is 0 Å². The fraction of sp³-hybridized carbons (Fsp3) is 0.424. The van der Waals surface area contributed by atoms with Crippen molar-refractivity contribution >= 4 is 28.9 Å². The van der Waals surface area contributed by atoms with Crippen LogP contribution in [0.5, 0.6) is 11.5 Å². The third-order valence-corrected chi connectivity index (χ3v) is 9.21. The number of methoxy groups -OCH3 is 1. The lowest BCUT2D eigenvalue weighted by Crippen LogP contribution is -2.65. The number of phenolic OH excluding ortho intramolecular Hbond substituents is 1.